The SMILES string of the molecule is CCN(Cc1ccccc1)C(=O)c1cnc(NCc2cccnc2)nc1. The van der Waals surface area contributed by atoms with E-state index in [9.17, 15) is 4.79 Å². The van der Waals surface area contributed by atoms with Gasteiger partial charge in [-0.25, -0.2) is 9.97 Å². The van der Waals surface area contributed by atoms with Crippen molar-refractivity contribution in [2.24, 2.45) is 0 Å². The van der Waals surface area contributed by atoms with E-state index in [1.807, 2.05) is 49.4 Å². The zero-order valence-corrected chi connectivity index (χ0v) is 14.7. The van der Waals surface area contributed by atoms with Crippen LogP contribution in [0.3, 0.4) is 0 Å². The quantitative estimate of drug-likeness (QED) is 0.711. The molecule has 2 aromatic heterocycles. The molecule has 6 heteroatoms. The van der Waals surface area contributed by atoms with Crippen LogP contribution in [0.1, 0.15) is 28.4 Å². The van der Waals surface area contributed by atoms with Crippen molar-refractivity contribution in [3.05, 3.63) is 83.9 Å². The van der Waals surface area contributed by atoms with Crippen LogP contribution in [0.5, 0.6) is 0 Å². The molecule has 0 aliphatic rings. The standard InChI is InChI=1S/C20H21N5O/c1-2-25(15-16-7-4-3-5-8-16)19(26)18-13-23-20(24-14-18)22-12-17-9-6-10-21-11-17/h3-11,13-14H,2,12,15H2,1H3,(H,22,23,24). The number of aromatic nitrogens is 3. The second-order valence-corrected chi connectivity index (χ2v) is 5.82. The summed E-state index contributed by atoms with van der Waals surface area (Å²) in [5.41, 5.74) is 2.62. The summed E-state index contributed by atoms with van der Waals surface area (Å²) >= 11 is 0. The van der Waals surface area contributed by atoms with Crippen LogP contribution in [-0.2, 0) is 13.1 Å². The first-order valence-electron chi connectivity index (χ1n) is 8.54. The molecule has 132 valence electrons. The Balaban J connectivity index is 1.62. The van der Waals surface area contributed by atoms with Gasteiger partial charge in [0.2, 0.25) is 5.95 Å². The molecule has 0 unspecified atom stereocenters. The number of nitrogens with zero attached hydrogens (tertiary/aromatic N) is 4. The molecular weight excluding hydrogens is 326 g/mol. The molecule has 0 saturated carbocycles. The summed E-state index contributed by atoms with van der Waals surface area (Å²) in [4.78, 5) is 27.0. The molecule has 0 fully saturated rings. The Kier molecular flexibility index (Phi) is 5.88. The van der Waals surface area contributed by atoms with E-state index >= 15 is 0 Å². The number of amides is 1. The van der Waals surface area contributed by atoms with E-state index in [-0.39, 0.29) is 5.91 Å². The number of carbonyl (C=O) groups excluding carboxylic acids is 1. The van der Waals surface area contributed by atoms with Gasteiger partial charge in [0.25, 0.3) is 5.91 Å². The smallest absolute Gasteiger partial charge is 0.257 e. The van der Waals surface area contributed by atoms with Crippen molar-refractivity contribution in [2.45, 2.75) is 20.0 Å². The van der Waals surface area contributed by atoms with Crippen LogP contribution in [0.25, 0.3) is 0 Å². The minimum absolute atomic E-state index is 0.0739. The normalized spacial score (nSPS) is 10.3. The zero-order chi connectivity index (χ0) is 18.2. The molecule has 3 aromatic rings. The van der Waals surface area contributed by atoms with Crippen molar-refractivity contribution >= 4 is 11.9 Å². The molecule has 0 atom stereocenters. The maximum Gasteiger partial charge on any atom is 0.257 e. The van der Waals surface area contributed by atoms with Gasteiger partial charge in [-0.05, 0) is 24.1 Å². The Morgan fingerprint density at radius 1 is 1.00 bits per heavy atom. The Morgan fingerprint density at radius 2 is 1.73 bits per heavy atom. The highest BCUT2D eigenvalue weighted by Crippen LogP contribution is 2.10. The van der Waals surface area contributed by atoms with Gasteiger partial charge < -0.3 is 10.2 Å². The molecule has 2 heterocycles. The molecule has 1 aromatic carbocycles. The number of hydrogen-bond acceptors (Lipinski definition) is 5. The second kappa shape index (κ2) is 8.71. The fraction of sp³-hybridized carbons (Fsp3) is 0.200. The van der Waals surface area contributed by atoms with Crippen LogP contribution in [0, 0.1) is 0 Å². The highest BCUT2D eigenvalue weighted by Gasteiger charge is 2.15. The number of nitrogens with one attached hydrogen (secondary N) is 1. The molecule has 0 spiro atoms. The number of hydrogen-bond donors (Lipinski definition) is 1. The van der Waals surface area contributed by atoms with Crippen molar-refractivity contribution in [1.29, 1.82) is 0 Å². The van der Waals surface area contributed by atoms with Crippen LogP contribution < -0.4 is 5.32 Å². The van der Waals surface area contributed by atoms with Gasteiger partial charge >= 0.3 is 0 Å². The highest BCUT2D eigenvalue weighted by atomic mass is 16.2. The van der Waals surface area contributed by atoms with E-state index in [1.165, 1.54) is 0 Å². The van der Waals surface area contributed by atoms with Crippen LogP contribution in [0.2, 0.25) is 0 Å². The summed E-state index contributed by atoms with van der Waals surface area (Å²) in [6.45, 7) is 3.73. The molecule has 0 saturated heterocycles. The third kappa shape index (κ3) is 4.63. The third-order valence-corrected chi connectivity index (χ3v) is 3.96. The molecule has 6 nitrogen and oxygen atoms in total. The Labute approximate surface area is 153 Å². The lowest BCUT2D eigenvalue weighted by molar-refractivity contribution is 0.0751. The Morgan fingerprint density at radius 3 is 2.38 bits per heavy atom. The fourth-order valence-electron chi connectivity index (χ4n) is 2.53. The first-order chi connectivity index (χ1) is 12.8. The molecule has 0 bridgehead atoms. The summed E-state index contributed by atoms with van der Waals surface area (Å²) in [6.07, 6.45) is 6.64. The zero-order valence-electron chi connectivity index (χ0n) is 14.7. The summed E-state index contributed by atoms with van der Waals surface area (Å²) in [5.74, 6) is 0.409. The van der Waals surface area contributed by atoms with Crippen molar-refractivity contribution in [1.82, 2.24) is 19.9 Å². The molecule has 3 rings (SSSR count). The van der Waals surface area contributed by atoms with Crippen LogP contribution >= 0.6 is 0 Å². The van der Waals surface area contributed by atoms with Gasteiger partial charge in [0.05, 0.1) is 5.56 Å². The first kappa shape index (κ1) is 17.5. The predicted octanol–water partition coefficient (Wildman–Crippen LogP) is 3.15. The molecule has 0 aliphatic heterocycles. The van der Waals surface area contributed by atoms with E-state index in [2.05, 4.69) is 20.3 Å². The van der Waals surface area contributed by atoms with Gasteiger partial charge in [0, 0.05) is 44.4 Å². The molecule has 0 radical (unpaired) electrons. The molecule has 1 N–H and O–H groups in total. The lowest BCUT2D eigenvalue weighted by Gasteiger charge is -2.20. The Hall–Kier alpha value is -3.28. The van der Waals surface area contributed by atoms with Crippen LogP contribution in [0.4, 0.5) is 5.95 Å². The Bertz CT molecular complexity index is 822. The van der Waals surface area contributed by atoms with Crippen molar-refractivity contribution < 1.29 is 4.79 Å². The average molecular weight is 347 g/mol. The highest BCUT2D eigenvalue weighted by molar-refractivity contribution is 5.93. The summed E-state index contributed by atoms with van der Waals surface area (Å²) < 4.78 is 0. The number of benzene rings is 1. The van der Waals surface area contributed by atoms with Crippen molar-refractivity contribution in [2.75, 3.05) is 11.9 Å². The van der Waals surface area contributed by atoms with E-state index in [4.69, 9.17) is 0 Å². The van der Waals surface area contributed by atoms with Gasteiger partial charge in [-0.1, -0.05) is 36.4 Å². The average Bonchev–Trinajstić information content (AvgIpc) is 2.72. The summed E-state index contributed by atoms with van der Waals surface area (Å²) in [5, 5.41) is 3.12. The maximum atomic E-state index is 12.7. The van der Waals surface area contributed by atoms with Crippen molar-refractivity contribution in [3.63, 3.8) is 0 Å². The van der Waals surface area contributed by atoms with Gasteiger partial charge in [-0.15, -0.1) is 0 Å². The number of rotatable bonds is 7. The molecular formula is C20H21N5O. The molecule has 0 aliphatic carbocycles. The third-order valence-electron chi connectivity index (χ3n) is 3.96. The predicted molar refractivity (Wildman–Crippen MR) is 100 cm³/mol. The van der Waals surface area contributed by atoms with Crippen LogP contribution in [0.15, 0.2) is 67.3 Å². The van der Waals surface area contributed by atoms with Crippen LogP contribution in [-0.4, -0.2) is 32.3 Å². The summed E-state index contributed by atoms with van der Waals surface area (Å²) in [6, 6.07) is 13.8. The van der Waals surface area contributed by atoms with E-state index in [1.54, 1.807) is 29.7 Å². The minimum atomic E-state index is -0.0739. The minimum Gasteiger partial charge on any atom is -0.350 e. The monoisotopic (exact) mass is 347 g/mol. The topological polar surface area (TPSA) is 71.0 Å². The van der Waals surface area contributed by atoms with Crippen molar-refractivity contribution in [3.8, 4) is 0 Å². The van der Waals surface area contributed by atoms with E-state index in [0.29, 0.717) is 31.1 Å². The van der Waals surface area contributed by atoms with E-state index in [0.717, 1.165) is 11.1 Å². The molecule has 1 amide bonds. The first-order valence-corrected chi connectivity index (χ1v) is 8.54. The lowest BCUT2D eigenvalue weighted by atomic mass is 10.2. The number of carbonyl (C=O) groups is 1. The molecule has 26 heavy (non-hydrogen) atoms. The fourth-order valence-corrected chi connectivity index (χ4v) is 2.53. The van der Waals surface area contributed by atoms with E-state index < -0.39 is 0 Å². The second-order valence-electron chi connectivity index (χ2n) is 5.82. The number of pyridine rings is 1. The van der Waals surface area contributed by atoms with Gasteiger partial charge in [-0.3, -0.25) is 9.78 Å². The largest absolute Gasteiger partial charge is 0.350 e. The van der Waals surface area contributed by atoms with Gasteiger partial charge in [0.1, 0.15) is 0 Å². The van der Waals surface area contributed by atoms with Gasteiger partial charge in [-0.2, -0.15) is 0 Å². The summed E-state index contributed by atoms with van der Waals surface area (Å²) in [7, 11) is 0. The lowest BCUT2D eigenvalue weighted by Crippen LogP contribution is -2.30. The number of anilines is 1. The van der Waals surface area contributed by atoms with Gasteiger partial charge in [0.15, 0.2) is 0 Å². The maximum absolute atomic E-state index is 12.7.